The summed E-state index contributed by atoms with van der Waals surface area (Å²) in [6.45, 7) is 4.51. The summed E-state index contributed by atoms with van der Waals surface area (Å²) < 4.78 is 5.32. The monoisotopic (exact) mass is 386 g/mol. The summed E-state index contributed by atoms with van der Waals surface area (Å²) in [6, 6.07) is 15.4. The normalized spacial score (nSPS) is 10.9. The number of amides is 1. The molecular weight excluding hydrogens is 364 g/mol. The highest BCUT2D eigenvalue weighted by molar-refractivity contribution is 5.97. The Bertz CT molecular complexity index is 1200. The molecule has 2 aromatic carbocycles. The summed E-state index contributed by atoms with van der Waals surface area (Å²) in [5.74, 6) is 0.692. The van der Waals surface area contributed by atoms with E-state index < -0.39 is 0 Å². The molecule has 4 aromatic rings. The minimum absolute atomic E-state index is 0.0864. The first kappa shape index (κ1) is 18.7. The van der Waals surface area contributed by atoms with Crippen LogP contribution in [0.2, 0.25) is 0 Å². The van der Waals surface area contributed by atoms with E-state index in [9.17, 15) is 4.79 Å². The second-order valence-corrected chi connectivity index (χ2v) is 6.81. The highest BCUT2D eigenvalue weighted by Crippen LogP contribution is 2.31. The Morgan fingerprint density at radius 1 is 1.17 bits per heavy atom. The van der Waals surface area contributed by atoms with Crippen LogP contribution in [0.4, 0.5) is 0 Å². The zero-order valence-corrected chi connectivity index (χ0v) is 16.6. The van der Waals surface area contributed by atoms with Gasteiger partial charge in [0, 0.05) is 34.8 Å². The van der Waals surface area contributed by atoms with Crippen LogP contribution in [0, 0.1) is 6.92 Å². The fourth-order valence-electron chi connectivity index (χ4n) is 3.35. The van der Waals surface area contributed by atoms with Gasteiger partial charge in [0.2, 0.25) is 0 Å². The van der Waals surface area contributed by atoms with Gasteiger partial charge in [0.25, 0.3) is 5.91 Å². The van der Waals surface area contributed by atoms with E-state index in [0.29, 0.717) is 12.1 Å². The third-order valence-electron chi connectivity index (χ3n) is 4.90. The molecule has 146 valence electrons. The van der Waals surface area contributed by atoms with Gasteiger partial charge in [-0.05, 0) is 49.7 Å². The Morgan fingerprint density at radius 2 is 2.03 bits per heavy atom. The van der Waals surface area contributed by atoms with Gasteiger partial charge in [-0.1, -0.05) is 18.2 Å². The molecule has 2 N–H and O–H groups in total. The van der Waals surface area contributed by atoms with Crippen molar-refractivity contribution in [3.8, 4) is 28.3 Å². The minimum Gasteiger partial charge on any atom is -0.497 e. The van der Waals surface area contributed by atoms with Gasteiger partial charge in [-0.25, -0.2) is 0 Å². The van der Waals surface area contributed by atoms with Gasteiger partial charge in [0.15, 0.2) is 0 Å². The van der Waals surface area contributed by atoms with Gasteiger partial charge in [-0.15, -0.1) is 0 Å². The van der Waals surface area contributed by atoms with E-state index in [2.05, 4.69) is 20.5 Å². The predicted molar refractivity (Wildman–Crippen MR) is 114 cm³/mol. The van der Waals surface area contributed by atoms with E-state index >= 15 is 0 Å². The van der Waals surface area contributed by atoms with Gasteiger partial charge in [-0.2, -0.15) is 5.10 Å². The molecule has 0 saturated heterocycles. The number of carbonyl (C=O) groups is 1. The molecule has 29 heavy (non-hydrogen) atoms. The van der Waals surface area contributed by atoms with Crippen molar-refractivity contribution in [1.82, 2.24) is 20.5 Å². The standard InChI is InChI=1S/C23H22N4O2/c1-4-24-23(28)16-9-8-14(2)18(11-16)20-12-21-19(13-25-20)22(27-26-21)15-6-5-7-17(10-15)29-3/h5-13H,4H2,1-3H3,(H,24,28)(H,26,27). The van der Waals surface area contributed by atoms with Crippen molar-refractivity contribution in [3.63, 3.8) is 0 Å². The fourth-order valence-corrected chi connectivity index (χ4v) is 3.35. The molecule has 0 fully saturated rings. The van der Waals surface area contributed by atoms with Crippen LogP contribution in [0.1, 0.15) is 22.8 Å². The third kappa shape index (κ3) is 3.57. The molecule has 0 saturated carbocycles. The number of aromatic nitrogens is 3. The van der Waals surface area contributed by atoms with Crippen LogP contribution in [-0.2, 0) is 0 Å². The number of H-pyrrole nitrogens is 1. The summed E-state index contributed by atoms with van der Waals surface area (Å²) >= 11 is 0. The molecule has 0 unspecified atom stereocenters. The predicted octanol–water partition coefficient (Wildman–Crippen LogP) is 4.36. The number of aryl methyl sites for hydroxylation is 1. The average molecular weight is 386 g/mol. The molecule has 0 bridgehead atoms. The molecule has 0 radical (unpaired) electrons. The van der Waals surface area contributed by atoms with E-state index in [1.807, 2.05) is 68.6 Å². The van der Waals surface area contributed by atoms with Crippen LogP contribution in [0.5, 0.6) is 5.75 Å². The van der Waals surface area contributed by atoms with Crippen LogP contribution >= 0.6 is 0 Å². The third-order valence-corrected chi connectivity index (χ3v) is 4.90. The van der Waals surface area contributed by atoms with Crippen molar-refractivity contribution in [2.75, 3.05) is 13.7 Å². The number of hydrogen-bond acceptors (Lipinski definition) is 4. The summed E-state index contributed by atoms with van der Waals surface area (Å²) in [6.07, 6.45) is 1.82. The molecule has 1 amide bonds. The average Bonchev–Trinajstić information content (AvgIpc) is 3.17. The van der Waals surface area contributed by atoms with Gasteiger partial charge < -0.3 is 10.1 Å². The Kier molecular flexibility index (Phi) is 4.99. The number of nitrogens with one attached hydrogen (secondary N) is 2. The quantitative estimate of drug-likeness (QED) is 0.534. The second kappa shape index (κ2) is 7.75. The van der Waals surface area contributed by atoms with Crippen molar-refractivity contribution >= 4 is 16.8 Å². The minimum atomic E-state index is -0.0864. The first-order valence-electron chi connectivity index (χ1n) is 9.48. The number of carbonyl (C=O) groups excluding carboxylic acids is 1. The Morgan fingerprint density at radius 3 is 2.83 bits per heavy atom. The van der Waals surface area contributed by atoms with E-state index in [0.717, 1.165) is 44.7 Å². The number of rotatable bonds is 5. The van der Waals surface area contributed by atoms with Crippen molar-refractivity contribution in [3.05, 3.63) is 65.9 Å². The second-order valence-electron chi connectivity index (χ2n) is 6.81. The molecule has 0 aliphatic carbocycles. The Balaban J connectivity index is 1.76. The number of ether oxygens (including phenoxy) is 1. The van der Waals surface area contributed by atoms with Gasteiger partial charge in [0.05, 0.1) is 18.3 Å². The molecule has 6 heteroatoms. The lowest BCUT2D eigenvalue weighted by Crippen LogP contribution is -2.22. The summed E-state index contributed by atoms with van der Waals surface area (Å²) in [4.78, 5) is 16.9. The highest BCUT2D eigenvalue weighted by atomic mass is 16.5. The maximum Gasteiger partial charge on any atom is 0.251 e. The first-order chi connectivity index (χ1) is 14.1. The molecule has 4 rings (SSSR count). The Labute approximate surface area is 168 Å². The van der Waals surface area contributed by atoms with Crippen LogP contribution in [0.3, 0.4) is 0 Å². The van der Waals surface area contributed by atoms with Gasteiger partial charge in [-0.3, -0.25) is 14.9 Å². The largest absolute Gasteiger partial charge is 0.497 e. The summed E-state index contributed by atoms with van der Waals surface area (Å²) in [5, 5.41) is 11.3. The van der Waals surface area contributed by atoms with Crippen LogP contribution in [0.15, 0.2) is 54.7 Å². The van der Waals surface area contributed by atoms with E-state index in [-0.39, 0.29) is 5.91 Å². The Hall–Kier alpha value is -3.67. The van der Waals surface area contributed by atoms with Gasteiger partial charge >= 0.3 is 0 Å². The van der Waals surface area contributed by atoms with Gasteiger partial charge in [0.1, 0.15) is 11.4 Å². The number of hydrogen-bond donors (Lipinski definition) is 2. The number of nitrogens with zero attached hydrogens (tertiary/aromatic N) is 2. The van der Waals surface area contributed by atoms with E-state index in [1.165, 1.54) is 0 Å². The van der Waals surface area contributed by atoms with E-state index in [1.54, 1.807) is 7.11 Å². The van der Waals surface area contributed by atoms with Crippen molar-refractivity contribution in [2.24, 2.45) is 0 Å². The molecular formula is C23H22N4O2. The lowest BCUT2D eigenvalue weighted by Gasteiger charge is -2.09. The lowest BCUT2D eigenvalue weighted by atomic mass is 10.0. The topological polar surface area (TPSA) is 79.9 Å². The molecule has 0 aliphatic rings. The zero-order chi connectivity index (χ0) is 20.4. The molecule has 0 atom stereocenters. The molecule has 6 nitrogen and oxygen atoms in total. The van der Waals surface area contributed by atoms with Crippen LogP contribution in [-0.4, -0.2) is 34.7 Å². The number of aromatic amines is 1. The smallest absolute Gasteiger partial charge is 0.251 e. The number of methoxy groups -OCH3 is 1. The number of benzene rings is 2. The molecule has 2 heterocycles. The number of fused-ring (bicyclic) bond motifs is 1. The van der Waals surface area contributed by atoms with Crippen LogP contribution in [0.25, 0.3) is 33.4 Å². The highest BCUT2D eigenvalue weighted by Gasteiger charge is 2.13. The van der Waals surface area contributed by atoms with Crippen molar-refractivity contribution < 1.29 is 9.53 Å². The lowest BCUT2D eigenvalue weighted by molar-refractivity contribution is 0.0956. The van der Waals surface area contributed by atoms with Crippen molar-refractivity contribution in [1.29, 1.82) is 0 Å². The van der Waals surface area contributed by atoms with Crippen LogP contribution < -0.4 is 10.1 Å². The molecule has 2 aromatic heterocycles. The molecule has 0 spiro atoms. The zero-order valence-electron chi connectivity index (χ0n) is 16.6. The maximum absolute atomic E-state index is 12.2. The summed E-state index contributed by atoms with van der Waals surface area (Å²) in [7, 11) is 1.65. The SMILES string of the molecule is CCNC(=O)c1ccc(C)c(-c2cc3[nH]nc(-c4cccc(OC)c4)c3cn2)c1. The maximum atomic E-state index is 12.2. The first-order valence-corrected chi connectivity index (χ1v) is 9.48. The van der Waals surface area contributed by atoms with Crippen molar-refractivity contribution in [2.45, 2.75) is 13.8 Å². The fraction of sp³-hybridized carbons (Fsp3) is 0.174. The van der Waals surface area contributed by atoms with E-state index in [4.69, 9.17) is 4.74 Å². The molecule has 0 aliphatic heterocycles. The number of pyridine rings is 1. The summed E-state index contributed by atoms with van der Waals surface area (Å²) in [5.41, 5.74) is 6.06.